The van der Waals surface area contributed by atoms with Crippen LogP contribution in [0.1, 0.15) is 39.8 Å². The van der Waals surface area contributed by atoms with Crippen LogP contribution in [0.15, 0.2) is 113 Å². The molecule has 4 aromatic rings. The molecule has 0 saturated heterocycles. The van der Waals surface area contributed by atoms with E-state index in [0.29, 0.717) is 27.2 Å². The Labute approximate surface area is 259 Å². The molecule has 2 aliphatic rings. The van der Waals surface area contributed by atoms with Gasteiger partial charge in [0, 0.05) is 0 Å². The summed E-state index contributed by atoms with van der Waals surface area (Å²) in [6, 6.07) is 24.3. The van der Waals surface area contributed by atoms with E-state index < -0.39 is 44.7 Å². The first-order chi connectivity index (χ1) is 19.1. The molecule has 0 atom stereocenters. The number of rotatable bonds is 4. The normalized spacial score (nSPS) is 13.4. The number of alkyl halides is 6. The average molecular weight is 697 g/mol. The molecule has 0 radical (unpaired) electrons. The van der Waals surface area contributed by atoms with E-state index in [9.17, 15) is 26.3 Å². The van der Waals surface area contributed by atoms with Crippen molar-refractivity contribution in [3.05, 3.63) is 146 Å². The van der Waals surface area contributed by atoms with E-state index in [1.54, 1.807) is 12.1 Å². The molecule has 216 valence electrons. The van der Waals surface area contributed by atoms with Crippen LogP contribution in [-0.4, -0.2) is 3.21 Å². The molecule has 0 bridgehead atoms. The van der Waals surface area contributed by atoms with Crippen molar-refractivity contribution in [2.24, 2.45) is 0 Å². The predicted molar refractivity (Wildman–Crippen MR) is 157 cm³/mol. The molecule has 0 aromatic heterocycles. The van der Waals surface area contributed by atoms with Crippen molar-refractivity contribution in [3.8, 4) is 11.1 Å². The number of benzene rings is 4. The number of halogens is 8. The summed E-state index contributed by atoms with van der Waals surface area (Å²) in [6.07, 6.45) is -1.90. The Morgan fingerprint density at radius 1 is 0.643 bits per heavy atom. The van der Waals surface area contributed by atoms with Crippen LogP contribution >= 0.6 is 24.8 Å². The first-order valence-corrected chi connectivity index (χ1v) is 16.5. The molecule has 0 spiro atoms. The summed E-state index contributed by atoms with van der Waals surface area (Å²) in [5, 5.41) is 0. The summed E-state index contributed by atoms with van der Waals surface area (Å²) >= 11 is -3.39. The summed E-state index contributed by atoms with van der Waals surface area (Å²) < 4.78 is 85.9. The van der Waals surface area contributed by atoms with Crippen molar-refractivity contribution in [1.29, 1.82) is 0 Å². The van der Waals surface area contributed by atoms with Crippen LogP contribution in [0.4, 0.5) is 26.3 Å². The van der Waals surface area contributed by atoms with Crippen molar-refractivity contribution in [2.75, 3.05) is 0 Å². The van der Waals surface area contributed by atoms with Gasteiger partial charge in [-0.3, -0.25) is 0 Å². The predicted octanol–water partition coefficient (Wildman–Crippen LogP) is 9.50. The summed E-state index contributed by atoms with van der Waals surface area (Å²) in [4.78, 5) is 0. The fraction of sp³-hybridized carbons (Fsp3) is 0.121. The van der Waals surface area contributed by atoms with Gasteiger partial charge in [-0.1, -0.05) is 0 Å². The topological polar surface area (TPSA) is 0 Å². The molecule has 42 heavy (non-hydrogen) atoms. The molecule has 9 heteroatoms. The van der Waals surface area contributed by atoms with Crippen LogP contribution in [0.2, 0.25) is 0 Å². The quantitative estimate of drug-likeness (QED) is 0.164. The molecule has 0 heterocycles. The van der Waals surface area contributed by atoms with Gasteiger partial charge in [0.1, 0.15) is 0 Å². The number of hydrogen-bond donors (Lipinski definition) is 0. The van der Waals surface area contributed by atoms with Gasteiger partial charge in [0.15, 0.2) is 0 Å². The van der Waals surface area contributed by atoms with Crippen molar-refractivity contribution < 1.29 is 47.6 Å². The molecular formula is C33H24Cl2F6Zr. The van der Waals surface area contributed by atoms with E-state index in [1.807, 2.05) is 42.5 Å². The first-order valence-electron chi connectivity index (χ1n) is 12.8. The number of fused-ring (bicyclic) bond motifs is 3. The summed E-state index contributed by atoms with van der Waals surface area (Å²) in [5.74, 6) is 0. The van der Waals surface area contributed by atoms with E-state index in [0.717, 1.165) is 47.5 Å². The second-order valence-electron chi connectivity index (χ2n) is 9.90. The standard InChI is InChI=1S/C15H8F6.C13H9.C5H5.2ClH.Zr/c16-14(17,18)12-5-1-3-10(8-12)7-11-4-2-6-13(9-11)15(19,20)21;1-3-7-12-10(5-1)9-11-6-2-4-8-13(11)12;1-2-4-5-3-1;;;/h1-6,8-9H;1-5,7-8H,9H2;1-3H,4H2;2*1H;. The monoisotopic (exact) mass is 694 g/mol. The maximum absolute atomic E-state index is 13.8. The second kappa shape index (κ2) is 12.5. The fourth-order valence-electron chi connectivity index (χ4n) is 5.65. The molecule has 4 aromatic carbocycles. The Morgan fingerprint density at radius 3 is 1.79 bits per heavy atom. The fourth-order valence-corrected chi connectivity index (χ4v) is 13.5. The summed E-state index contributed by atoms with van der Waals surface area (Å²) in [6.45, 7) is 0. The van der Waals surface area contributed by atoms with Crippen LogP contribution in [0.25, 0.3) is 11.1 Å². The van der Waals surface area contributed by atoms with E-state index in [2.05, 4.69) is 18.2 Å². The van der Waals surface area contributed by atoms with Gasteiger partial charge in [0.05, 0.1) is 0 Å². The van der Waals surface area contributed by atoms with E-state index in [1.165, 1.54) is 17.7 Å². The van der Waals surface area contributed by atoms with Gasteiger partial charge in [-0.15, -0.1) is 24.8 Å². The Bertz CT molecular complexity index is 1670. The molecule has 0 aliphatic heterocycles. The molecular weight excluding hydrogens is 672 g/mol. The zero-order valence-electron chi connectivity index (χ0n) is 21.9. The van der Waals surface area contributed by atoms with E-state index in [-0.39, 0.29) is 24.8 Å². The molecule has 2 aliphatic carbocycles. The molecule has 0 fully saturated rings. The van der Waals surface area contributed by atoms with Gasteiger partial charge < -0.3 is 0 Å². The Balaban J connectivity index is 0.00000202. The molecule has 0 unspecified atom stereocenters. The third-order valence-corrected chi connectivity index (χ3v) is 15.0. The van der Waals surface area contributed by atoms with Gasteiger partial charge in [-0.25, -0.2) is 0 Å². The van der Waals surface area contributed by atoms with Gasteiger partial charge in [0.25, 0.3) is 0 Å². The van der Waals surface area contributed by atoms with Crippen LogP contribution in [0, 0.1) is 0 Å². The van der Waals surface area contributed by atoms with Crippen molar-refractivity contribution in [3.63, 3.8) is 0 Å². The second-order valence-corrected chi connectivity index (χ2v) is 15.9. The molecule has 0 amide bonds. The zero-order valence-corrected chi connectivity index (χ0v) is 26.0. The van der Waals surface area contributed by atoms with Gasteiger partial charge >= 0.3 is 236 Å². The van der Waals surface area contributed by atoms with Gasteiger partial charge in [0.2, 0.25) is 0 Å². The van der Waals surface area contributed by atoms with Crippen molar-refractivity contribution in [2.45, 2.75) is 25.2 Å². The summed E-state index contributed by atoms with van der Waals surface area (Å²) in [5.41, 5.74) is 3.52. The van der Waals surface area contributed by atoms with Crippen molar-refractivity contribution >= 4 is 31.3 Å². The van der Waals surface area contributed by atoms with Gasteiger partial charge in [-0.05, 0) is 0 Å². The Hall–Kier alpha value is -2.73. The van der Waals surface area contributed by atoms with Crippen LogP contribution in [-0.2, 0) is 40.0 Å². The van der Waals surface area contributed by atoms with Gasteiger partial charge in [-0.2, -0.15) is 0 Å². The van der Waals surface area contributed by atoms with Crippen molar-refractivity contribution in [1.82, 2.24) is 0 Å². The zero-order chi connectivity index (χ0) is 28.1. The third kappa shape index (κ3) is 6.15. The summed E-state index contributed by atoms with van der Waals surface area (Å²) in [7, 11) is 0. The molecule has 6 rings (SSSR count). The first kappa shape index (κ1) is 32.2. The number of hydrogen-bond acceptors (Lipinski definition) is 0. The minimum absolute atomic E-state index is 0. The average Bonchev–Trinajstić information content (AvgIpc) is 3.59. The third-order valence-electron chi connectivity index (χ3n) is 7.42. The van der Waals surface area contributed by atoms with E-state index in [4.69, 9.17) is 0 Å². The maximum atomic E-state index is 13.8. The van der Waals surface area contributed by atoms with E-state index >= 15 is 0 Å². The molecule has 0 nitrogen and oxygen atoms in total. The Morgan fingerprint density at radius 2 is 1.21 bits per heavy atom. The van der Waals surface area contributed by atoms with Crippen LogP contribution in [0.3, 0.4) is 0 Å². The van der Waals surface area contributed by atoms with Crippen LogP contribution in [0.5, 0.6) is 0 Å². The number of allylic oxidation sites excluding steroid dienone is 4. The van der Waals surface area contributed by atoms with Crippen LogP contribution < -0.4 is 3.27 Å². The molecule has 0 N–H and O–H groups in total. The Kier molecular flexibility index (Phi) is 9.57. The SMILES string of the molecule is Cl.Cl.FC(F)(F)c1cccc([C](c2cccc(C(F)(F)F)c2)=[Zr]([C]2=CC=CC2)[c]2cccc3c2Cc2ccccc2-3)c1. The minimum atomic E-state index is -4.58. The molecule has 0 saturated carbocycles.